The van der Waals surface area contributed by atoms with Crippen molar-refractivity contribution in [1.29, 1.82) is 0 Å². The van der Waals surface area contributed by atoms with Crippen LogP contribution >= 0.6 is 0 Å². The Balaban J connectivity index is 2.61. The second-order valence-electron chi connectivity index (χ2n) is 4.23. The number of rotatable bonds is 0. The monoisotopic (exact) mass is 175 g/mol. The van der Waals surface area contributed by atoms with Gasteiger partial charge in [0.15, 0.2) is 0 Å². The van der Waals surface area contributed by atoms with E-state index in [1.165, 1.54) is 0 Å². The summed E-state index contributed by atoms with van der Waals surface area (Å²) in [7, 11) is 0. The fraction of sp³-hybridized carbons (Fsp3) is 0.400. The van der Waals surface area contributed by atoms with Gasteiger partial charge >= 0.3 is 0 Å². The van der Waals surface area contributed by atoms with Gasteiger partial charge in [0.25, 0.3) is 0 Å². The zero-order valence-corrected chi connectivity index (χ0v) is 8.13. The topological polar surface area (TPSA) is 41.6 Å². The summed E-state index contributed by atoms with van der Waals surface area (Å²) in [5.74, 6) is 0.877. The SMILES string of the molecule is CC(C)(C)c1ncc2cc[nH]c2n1. The van der Waals surface area contributed by atoms with Crippen LogP contribution in [0.5, 0.6) is 0 Å². The number of aromatic nitrogens is 3. The van der Waals surface area contributed by atoms with Crippen molar-refractivity contribution in [3.63, 3.8) is 0 Å². The van der Waals surface area contributed by atoms with Crippen LogP contribution in [0.2, 0.25) is 0 Å². The van der Waals surface area contributed by atoms with E-state index in [2.05, 4.69) is 35.7 Å². The summed E-state index contributed by atoms with van der Waals surface area (Å²) in [5, 5.41) is 1.06. The largest absolute Gasteiger partial charge is 0.346 e. The Hall–Kier alpha value is -1.38. The van der Waals surface area contributed by atoms with E-state index in [0.29, 0.717) is 0 Å². The van der Waals surface area contributed by atoms with Crippen LogP contribution < -0.4 is 0 Å². The van der Waals surface area contributed by atoms with Crippen LogP contribution in [0.3, 0.4) is 0 Å². The number of fused-ring (bicyclic) bond motifs is 1. The van der Waals surface area contributed by atoms with Crippen molar-refractivity contribution >= 4 is 11.0 Å². The molecule has 0 atom stereocenters. The highest BCUT2D eigenvalue weighted by Gasteiger charge is 2.17. The molecule has 68 valence electrons. The lowest BCUT2D eigenvalue weighted by Gasteiger charge is -2.15. The number of H-pyrrole nitrogens is 1. The highest BCUT2D eigenvalue weighted by molar-refractivity contribution is 5.73. The van der Waals surface area contributed by atoms with Gasteiger partial charge in [-0.15, -0.1) is 0 Å². The summed E-state index contributed by atoms with van der Waals surface area (Å²) in [4.78, 5) is 11.8. The Morgan fingerprint density at radius 1 is 1.31 bits per heavy atom. The molecule has 0 saturated carbocycles. The lowest BCUT2D eigenvalue weighted by molar-refractivity contribution is 0.548. The third-order valence-corrected chi connectivity index (χ3v) is 1.97. The Morgan fingerprint density at radius 3 is 2.77 bits per heavy atom. The molecule has 2 heterocycles. The molecule has 1 N–H and O–H groups in total. The Labute approximate surface area is 77.2 Å². The normalized spacial score (nSPS) is 12.2. The fourth-order valence-electron chi connectivity index (χ4n) is 1.20. The van der Waals surface area contributed by atoms with Gasteiger partial charge in [-0.05, 0) is 6.07 Å². The first-order valence-corrected chi connectivity index (χ1v) is 4.38. The van der Waals surface area contributed by atoms with Crippen LogP contribution in [-0.2, 0) is 5.41 Å². The molecular weight excluding hydrogens is 162 g/mol. The second-order valence-corrected chi connectivity index (χ2v) is 4.23. The minimum Gasteiger partial charge on any atom is -0.346 e. The molecule has 0 amide bonds. The van der Waals surface area contributed by atoms with Crippen molar-refractivity contribution in [3.8, 4) is 0 Å². The molecule has 2 rings (SSSR count). The van der Waals surface area contributed by atoms with Gasteiger partial charge in [-0.1, -0.05) is 20.8 Å². The van der Waals surface area contributed by atoms with Gasteiger partial charge in [0, 0.05) is 23.2 Å². The molecule has 13 heavy (non-hydrogen) atoms. The predicted molar refractivity (Wildman–Crippen MR) is 52.6 cm³/mol. The molecule has 0 aliphatic rings. The molecular formula is C10H13N3. The second kappa shape index (κ2) is 2.55. The van der Waals surface area contributed by atoms with Crippen molar-refractivity contribution in [2.24, 2.45) is 0 Å². The van der Waals surface area contributed by atoms with Gasteiger partial charge < -0.3 is 4.98 Å². The average Bonchev–Trinajstić information content (AvgIpc) is 2.47. The smallest absolute Gasteiger partial charge is 0.141 e. The first kappa shape index (κ1) is 8.23. The molecule has 0 aliphatic heterocycles. The van der Waals surface area contributed by atoms with Gasteiger partial charge in [0.2, 0.25) is 0 Å². The van der Waals surface area contributed by atoms with E-state index in [9.17, 15) is 0 Å². The summed E-state index contributed by atoms with van der Waals surface area (Å²) < 4.78 is 0. The van der Waals surface area contributed by atoms with E-state index in [-0.39, 0.29) is 5.41 Å². The number of nitrogens with one attached hydrogen (secondary N) is 1. The van der Waals surface area contributed by atoms with E-state index in [0.717, 1.165) is 16.9 Å². The first-order chi connectivity index (χ1) is 6.07. The van der Waals surface area contributed by atoms with Gasteiger partial charge in [0.05, 0.1) is 0 Å². The van der Waals surface area contributed by atoms with Crippen LogP contribution in [0.1, 0.15) is 26.6 Å². The molecule has 0 radical (unpaired) electrons. The van der Waals surface area contributed by atoms with E-state index < -0.39 is 0 Å². The van der Waals surface area contributed by atoms with Crippen molar-refractivity contribution in [2.75, 3.05) is 0 Å². The Morgan fingerprint density at radius 2 is 2.08 bits per heavy atom. The number of nitrogens with zero attached hydrogens (tertiary/aromatic N) is 2. The Kier molecular flexibility index (Phi) is 1.62. The minimum atomic E-state index is 0.0132. The summed E-state index contributed by atoms with van der Waals surface area (Å²) in [6.45, 7) is 6.32. The van der Waals surface area contributed by atoms with Crippen molar-refractivity contribution in [3.05, 3.63) is 24.3 Å². The number of aromatic amines is 1. The van der Waals surface area contributed by atoms with Gasteiger partial charge in [-0.25, -0.2) is 9.97 Å². The molecule has 2 aromatic rings. The standard InChI is InChI=1S/C10H13N3/c1-10(2,3)9-12-6-7-4-5-11-8(7)13-9/h4-6H,1-3H3,(H,11,12,13). The molecule has 3 heteroatoms. The molecule has 0 saturated heterocycles. The Bertz CT molecular complexity index is 423. The van der Waals surface area contributed by atoms with E-state index >= 15 is 0 Å². The van der Waals surface area contributed by atoms with Crippen LogP contribution in [-0.4, -0.2) is 15.0 Å². The highest BCUT2D eigenvalue weighted by atomic mass is 14.9. The molecule has 0 unspecified atom stereocenters. The fourth-order valence-corrected chi connectivity index (χ4v) is 1.20. The summed E-state index contributed by atoms with van der Waals surface area (Å²) in [6, 6.07) is 1.97. The first-order valence-electron chi connectivity index (χ1n) is 4.38. The number of hydrogen-bond acceptors (Lipinski definition) is 2. The van der Waals surface area contributed by atoms with Crippen LogP contribution in [0, 0.1) is 0 Å². The quantitative estimate of drug-likeness (QED) is 0.667. The van der Waals surface area contributed by atoms with Gasteiger partial charge in [-0.3, -0.25) is 0 Å². The number of hydrogen-bond donors (Lipinski definition) is 1. The maximum Gasteiger partial charge on any atom is 0.141 e. The van der Waals surface area contributed by atoms with Crippen molar-refractivity contribution in [2.45, 2.75) is 26.2 Å². The minimum absolute atomic E-state index is 0.0132. The molecule has 0 spiro atoms. The van der Waals surface area contributed by atoms with Gasteiger partial charge in [-0.2, -0.15) is 0 Å². The average molecular weight is 175 g/mol. The molecule has 0 aromatic carbocycles. The zero-order chi connectivity index (χ0) is 9.47. The van der Waals surface area contributed by atoms with Crippen LogP contribution in [0.25, 0.3) is 11.0 Å². The molecule has 0 aliphatic carbocycles. The molecule has 0 bridgehead atoms. The van der Waals surface area contributed by atoms with Crippen LogP contribution in [0.4, 0.5) is 0 Å². The maximum absolute atomic E-state index is 4.44. The van der Waals surface area contributed by atoms with Crippen molar-refractivity contribution < 1.29 is 0 Å². The van der Waals surface area contributed by atoms with Crippen molar-refractivity contribution in [1.82, 2.24) is 15.0 Å². The molecule has 2 aromatic heterocycles. The summed E-state index contributed by atoms with van der Waals surface area (Å²) in [6.07, 6.45) is 3.74. The van der Waals surface area contributed by atoms with Crippen LogP contribution in [0.15, 0.2) is 18.5 Å². The third kappa shape index (κ3) is 1.41. The highest BCUT2D eigenvalue weighted by Crippen LogP contribution is 2.19. The lowest BCUT2D eigenvalue weighted by Crippen LogP contribution is -2.15. The third-order valence-electron chi connectivity index (χ3n) is 1.97. The van der Waals surface area contributed by atoms with E-state index in [1.807, 2.05) is 18.5 Å². The summed E-state index contributed by atoms with van der Waals surface area (Å²) >= 11 is 0. The predicted octanol–water partition coefficient (Wildman–Crippen LogP) is 2.26. The summed E-state index contributed by atoms with van der Waals surface area (Å²) in [5.41, 5.74) is 0.930. The molecule has 3 nitrogen and oxygen atoms in total. The lowest BCUT2D eigenvalue weighted by atomic mass is 9.96. The van der Waals surface area contributed by atoms with E-state index in [4.69, 9.17) is 0 Å². The maximum atomic E-state index is 4.44. The molecule has 0 fully saturated rings. The zero-order valence-electron chi connectivity index (χ0n) is 8.13. The van der Waals surface area contributed by atoms with Gasteiger partial charge in [0.1, 0.15) is 11.5 Å². The van der Waals surface area contributed by atoms with E-state index in [1.54, 1.807) is 0 Å².